The van der Waals surface area contributed by atoms with Crippen molar-refractivity contribution >= 4 is 45.2 Å². The molecule has 0 saturated carbocycles. The molecule has 160 valence electrons. The number of fused-ring (bicyclic) bond motifs is 2. The minimum Gasteiger partial charge on any atom is -0.494 e. The van der Waals surface area contributed by atoms with E-state index >= 15 is 0 Å². The Morgan fingerprint density at radius 3 is 2.72 bits per heavy atom. The molecule has 0 saturated heterocycles. The fourth-order valence-electron chi connectivity index (χ4n) is 3.39. The highest BCUT2D eigenvalue weighted by molar-refractivity contribution is 6.29. The second-order valence-electron chi connectivity index (χ2n) is 7.13. The molecule has 0 fully saturated rings. The number of nitrogens with zero attached hydrogens (tertiary/aromatic N) is 6. The molecular formula is C22H18ClN7O2. The molecule has 3 heterocycles. The van der Waals surface area contributed by atoms with E-state index in [1.165, 1.54) is 6.33 Å². The zero-order valence-corrected chi connectivity index (χ0v) is 18.3. The van der Waals surface area contributed by atoms with Gasteiger partial charge in [0.1, 0.15) is 39.8 Å². The largest absolute Gasteiger partial charge is 0.494 e. The summed E-state index contributed by atoms with van der Waals surface area (Å²) in [5.41, 5.74) is 4.55. The molecule has 0 aliphatic carbocycles. The third kappa shape index (κ3) is 3.63. The maximum absolute atomic E-state index is 6.12. The number of halogens is 1. The molecule has 0 aliphatic heterocycles. The number of hydrogen-bond donors (Lipinski definition) is 1. The van der Waals surface area contributed by atoms with Crippen LogP contribution in [0.1, 0.15) is 5.56 Å². The minimum absolute atomic E-state index is 0.363. The second kappa shape index (κ2) is 7.93. The summed E-state index contributed by atoms with van der Waals surface area (Å²) in [6, 6.07) is 12.9. The van der Waals surface area contributed by atoms with Gasteiger partial charge in [-0.05, 0) is 42.8 Å². The zero-order chi connectivity index (χ0) is 22.2. The van der Waals surface area contributed by atoms with Crippen LogP contribution in [0.25, 0.3) is 22.1 Å². The third-order valence-electron chi connectivity index (χ3n) is 5.01. The standard InChI is InChI=1S/C22H18ClN7O2/c1-12-8-16(26-22-21-14(24-11-25-22)5-7-20(23)27-21)19(31-3)10-18(12)32-13-4-6-17-15(9-13)28-29-30(17)2/h4-11H,1-3H3,(H,24,25,26). The molecule has 0 aliphatic rings. The van der Waals surface area contributed by atoms with Crippen molar-refractivity contribution in [2.75, 3.05) is 12.4 Å². The fourth-order valence-corrected chi connectivity index (χ4v) is 3.54. The molecule has 5 aromatic rings. The number of hydrogen-bond acceptors (Lipinski definition) is 8. The second-order valence-corrected chi connectivity index (χ2v) is 7.52. The molecule has 5 rings (SSSR count). The van der Waals surface area contributed by atoms with Crippen LogP contribution in [-0.2, 0) is 7.05 Å². The lowest BCUT2D eigenvalue weighted by Gasteiger charge is -2.16. The number of ether oxygens (including phenoxy) is 2. The van der Waals surface area contributed by atoms with Crippen LogP contribution in [-0.4, -0.2) is 37.1 Å². The van der Waals surface area contributed by atoms with Crippen molar-refractivity contribution in [3.05, 3.63) is 59.5 Å². The topological polar surface area (TPSA) is 99.9 Å². The van der Waals surface area contributed by atoms with Gasteiger partial charge in [0.2, 0.25) is 0 Å². The molecule has 32 heavy (non-hydrogen) atoms. The summed E-state index contributed by atoms with van der Waals surface area (Å²) >= 11 is 6.07. The van der Waals surface area contributed by atoms with Crippen molar-refractivity contribution in [3.63, 3.8) is 0 Å². The normalized spacial score (nSPS) is 11.1. The van der Waals surface area contributed by atoms with E-state index in [2.05, 4.69) is 30.6 Å². The molecule has 0 atom stereocenters. The fraction of sp³-hybridized carbons (Fsp3) is 0.136. The number of aromatic nitrogens is 6. The minimum atomic E-state index is 0.363. The van der Waals surface area contributed by atoms with Crippen molar-refractivity contribution in [2.45, 2.75) is 6.92 Å². The first kappa shape index (κ1) is 20.0. The predicted molar refractivity (Wildman–Crippen MR) is 122 cm³/mol. The maximum atomic E-state index is 6.12. The first-order valence-electron chi connectivity index (χ1n) is 9.72. The van der Waals surface area contributed by atoms with E-state index in [4.69, 9.17) is 21.1 Å². The molecule has 0 amide bonds. The lowest BCUT2D eigenvalue weighted by Crippen LogP contribution is -2.01. The molecule has 0 spiro atoms. The first-order chi connectivity index (χ1) is 15.5. The number of nitrogens with one attached hydrogen (secondary N) is 1. The van der Waals surface area contributed by atoms with Gasteiger partial charge in [-0.15, -0.1) is 5.10 Å². The van der Waals surface area contributed by atoms with Gasteiger partial charge in [0.05, 0.1) is 23.8 Å². The molecule has 2 aromatic carbocycles. The van der Waals surface area contributed by atoms with Gasteiger partial charge in [-0.25, -0.2) is 19.6 Å². The van der Waals surface area contributed by atoms with E-state index in [-0.39, 0.29) is 0 Å². The molecule has 9 nitrogen and oxygen atoms in total. The zero-order valence-electron chi connectivity index (χ0n) is 17.5. The molecule has 0 bridgehead atoms. The molecule has 3 aromatic heterocycles. The van der Waals surface area contributed by atoms with Gasteiger partial charge < -0.3 is 14.8 Å². The maximum Gasteiger partial charge on any atom is 0.160 e. The van der Waals surface area contributed by atoms with Crippen molar-refractivity contribution in [3.8, 4) is 17.2 Å². The van der Waals surface area contributed by atoms with E-state index in [1.807, 2.05) is 44.3 Å². The molecule has 0 unspecified atom stereocenters. The number of pyridine rings is 1. The van der Waals surface area contributed by atoms with Crippen LogP contribution in [0.3, 0.4) is 0 Å². The summed E-state index contributed by atoms with van der Waals surface area (Å²) in [5, 5.41) is 11.8. The Kier molecular flexibility index (Phi) is 4.95. The van der Waals surface area contributed by atoms with E-state index in [0.717, 1.165) is 16.6 Å². The highest BCUT2D eigenvalue weighted by Gasteiger charge is 2.14. The van der Waals surface area contributed by atoms with Crippen LogP contribution in [0, 0.1) is 6.92 Å². The Balaban J connectivity index is 1.49. The van der Waals surface area contributed by atoms with Gasteiger partial charge in [0.25, 0.3) is 0 Å². The quantitative estimate of drug-likeness (QED) is 0.383. The number of benzene rings is 2. The number of methoxy groups -OCH3 is 1. The van der Waals surface area contributed by atoms with Gasteiger partial charge in [-0.3, -0.25) is 0 Å². The van der Waals surface area contributed by atoms with Gasteiger partial charge in [0, 0.05) is 19.2 Å². The lowest BCUT2D eigenvalue weighted by atomic mass is 10.1. The van der Waals surface area contributed by atoms with Gasteiger partial charge in [-0.2, -0.15) is 0 Å². The Labute approximate surface area is 188 Å². The third-order valence-corrected chi connectivity index (χ3v) is 5.22. The van der Waals surface area contributed by atoms with Crippen molar-refractivity contribution in [1.82, 2.24) is 29.9 Å². The summed E-state index contributed by atoms with van der Waals surface area (Å²) in [6.07, 6.45) is 1.47. The van der Waals surface area contributed by atoms with Crippen LogP contribution in [0.2, 0.25) is 5.15 Å². The summed E-state index contributed by atoms with van der Waals surface area (Å²) in [4.78, 5) is 12.9. The summed E-state index contributed by atoms with van der Waals surface area (Å²) in [7, 11) is 3.44. The lowest BCUT2D eigenvalue weighted by molar-refractivity contribution is 0.410. The van der Waals surface area contributed by atoms with E-state index in [1.54, 1.807) is 23.9 Å². The first-order valence-corrected chi connectivity index (χ1v) is 10.1. The Morgan fingerprint density at radius 1 is 1.00 bits per heavy atom. The predicted octanol–water partition coefficient (Wildman–Crippen LogP) is 4.81. The van der Waals surface area contributed by atoms with Crippen LogP contribution in [0.15, 0.2) is 48.8 Å². The van der Waals surface area contributed by atoms with Crippen molar-refractivity contribution < 1.29 is 9.47 Å². The molecule has 0 radical (unpaired) electrons. The van der Waals surface area contributed by atoms with Crippen molar-refractivity contribution in [2.24, 2.45) is 7.05 Å². The van der Waals surface area contributed by atoms with Crippen LogP contribution in [0.5, 0.6) is 17.2 Å². The number of rotatable bonds is 5. The highest BCUT2D eigenvalue weighted by atomic mass is 35.5. The summed E-state index contributed by atoms with van der Waals surface area (Å²) in [6.45, 7) is 1.95. The van der Waals surface area contributed by atoms with E-state index in [0.29, 0.717) is 44.9 Å². The SMILES string of the molecule is COc1cc(Oc2ccc3c(c2)nnn3C)c(C)cc1Nc1ncnc2ccc(Cl)nc12. The Hall–Kier alpha value is -3.98. The van der Waals surface area contributed by atoms with Crippen molar-refractivity contribution in [1.29, 1.82) is 0 Å². The number of anilines is 2. The molecular weight excluding hydrogens is 430 g/mol. The average molecular weight is 448 g/mol. The Bertz CT molecular complexity index is 1470. The monoisotopic (exact) mass is 447 g/mol. The van der Waals surface area contributed by atoms with E-state index in [9.17, 15) is 0 Å². The van der Waals surface area contributed by atoms with Crippen LogP contribution >= 0.6 is 11.6 Å². The molecule has 1 N–H and O–H groups in total. The highest BCUT2D eigenvalue weighted by Crippen LogP contribution is 2.37. The van der Waals surface area contributed by atoms with Crippen LogP contribution in [0.4, 0.5) is 11.5 Å². The summed E-state index contributed by atoms with van der Waals surface area (Å²) in [5.74, 6) is 2.42. The number of aryl methyl sites for hydroxylation is 2. The smallest absolute Gasteiger partial charge is 0.160 e. The molecule has 10 heteroatoms. The average Bonchev–Trinajstić information content (AvgIpc) is 3.16. The summed E-state index contributed by atoms with van der Waals surface area (Å²) < 4.78 is 13.4. The Morgan fingerprint density at radius 2 is 1.88 bits per heavy atom. The van der Waals surface area contributed by atoms with Gasteiger partial charge >= 0.3 is 0 Å². The van der Waals surface area contributed by atoms with Crippen LogP contribution < -0.4 is 14.8 Å². The van der Waals surface area contributed by atoms with Gasteiger partial charge in [0.15, 0.2) is 5.82 Å². The van der Waals surface area contributed by atoms with Gasteiger partial charge in [-0.1, -0.05) is 16.8 Å². The van der Waals surface area contributed by atoms with E-state index < -0.39 is 0 Å².